The van der Waals surface area contributed by atoms with Gasteiger partial charge in [0.2, 0.25) is 11.8 Å². The third-order valence-electron chi connectivity index (χ3n) is 3.34. The van der Waals surface area contributed by atoms with Gasteiger partial charge in [0.1, 0.15) is 5.69 Å². The molecule has 0 aliphatic rings. The van der Waals surface area contributed by atoms with E-state index in [1.807, 2.05) is 0 Å². The van der Waals surface area contributed by atoms with Crippen LogP contribution in [0.3, 0.4) is 0 Å². The number of amides is 2. The molecule has 2 rings (SSSR count). The number of nitro groups is 1. The van der Waals surface area contributed by atoms with Crippen LogP contribution in [-0.2, 0) is 9.59 Å². The number of hydrogen-bond donors (Lipinski definition) is 4. The first-order chi connectivity index (χ1) is 14.3. The molecule has 2 aromatic carbocycles. The molecular weight excluding hydrogens is 457 g/mol. The number of carbonyl (C=O) groups excluding carboxylic acids is 2. The Bertz CT molecular complexity index is 1070. The minimum Gasteiger partial charge on any atom is -0.478 e. The van der Waals surface area contributed by atoms with E-state index in [0.717, 1.165) is 12.1 Å². The van der Waals surface area contributed by atoms with E-state index in [1.165, 1.54) is 32.0 Å². The molecule has 0 fully saturated rings. The lowest BCUT2D eigenvalue weighted by Gasteiger charge is -2.06. The Hall–Kier alpha value is -3.70. The Labute approximate surface area is 184 Å². The van der Waals surface area contributed by atoms with Crippen molar-refractivity contribution >= 4 is 64.0 Å². The molecule has 0 bridgehead atoms. The first kappa shape index (κ1) is 25.3. The van der Waals surface area contributed by atoms with Gasteiger partial charge >= 0.3 is 11.9 Å². The molecule has 0 aliphatic carbocycles. The van der Waals surface area contributed by atoms with Crippen molar-refractivity contribution in [1.29, 1.82) is 0 Å². The summed E-state index contributed by atoms with van der Waals surface area (Å²) < 4.78 is 0. The predicted molar refractivity (Wildman–Crippen MR) is 112 cm³/mol. The van der Waals surface area contributed by atoms with Crippen molar-refractivity contribution in [2.24, 2.45) is 0 Å². The Kier molecular flexibility index (Phi) is 8.91. The summed E-state index contributed by atoms with van der Waals surface area (Å²) >= 11 is 11.3. The van der Waals surface area contributed by atoms with Crippen LogP contribution >= 0.6 is 23.2 Å². The minimum absolute atomic E-state index is 0.0146. The minimum atomic E-state index is -1.38. The summed E-state index contributed by atoms with van der Waals surface area (Å²) in [5.41, 5.74) is -0.569. The van der Waals surface area contributed by atoms with E-state index < -0.39 is 34.0 Å². The van der Waals surface area contributed by atoms with Crippen LogP contribution in [0.5, 0.6) is 0 Å². The fourth-order valence-corrected chi connectivity index (χ4v) is 2.64. The lowest BCUT2D eigenvalue weighted by atomic mass is 10.1. The Balaban J connectivity index is 0.000000316. The fraction of sp³-hybridized carbons (Fsp3) is 0.111. The summed E-state index contributed by atoms with van der Waals surface area (Å²) in [6.07, 6.45) is 0. The van der Waals surface area contributed by atoms with E-state index >= 15 is 0 Å². The average molecular weight is 472 g/mol. The average Bonchev–Trinajstić information content (AvgIpc) is 2.60. The van der Waals surface area contributed by atoms with Crippen molar-refractivity contribution in [3.63, 3.8) is 0 Å². The number of carboxylic acid groups (broad SMARTS) is 2. The lowest BCUT2D eigenvalue weighted by Crippen LogP contribution is -2.09. The number of nitrogens with zero attached hydrogens (tertiary/aromatic N) is 1. The van der Waals surface area contributed by atoms with Gasteiger partial charge in [0, 0.05) is 25.6 Å². The molecule has 0 aromatic heterocycles. The summed E-state index contributed by atoms with van der Waals surface area (Å²) in [6.45, 7) is 2.53. The third-order valence-corrected chi connectivity index (χ3v) is 3.97. The summed E-state index contributed by atoms with van der Waals surface area (Å²) in [4.78, 5) is 52.7. The number of benzene rings is 2. The molecule has 0 spiro atoms. The molecule has 13 heteroatoms. The molecular formula is C18H15Cl2N3O8. The Morgan fingerprint density at radius 1 is 0.871 bits per heavy atom. The molecule has 0 radical (unpaired) electrons. The number of aromatic carboxylic acids is 2. The van der Waals surface area contributed by atoms with Crippen molar-refractivity contribution in [2.45, 2.75) is 13.8 Å². The van der Waals surface area contributed by atoms with Gasteiger partial charge in [0.05, 0.1) is 26.1 Å². The second-order valence-electron chi connectivity index (χ2n) is 5.77. The quantitative estimate of drug-likeness (QED) is 0.374. The topological polar surface area (TPSA) is 176 Å². The summed E-state index contributed by atoms with van der Waals surface area (Å²) in [7, 11) is 0. The van der Waals surface area contributed by atoms with Crippen LogP contribution in [0, 0.1) is 10.1 Å². The standard InChI is InChI=1S/C9H7ClN2O5.C9H8ClNO3/c1-4(13)11-7-3-6(10)5(9(14)15)2-8(7)12(16)17;1-5(12)11-6-2-3-7(9(13)14)8(10)4-6/h2-3H,1H3,(H,11,13)(H,14,15);2-4H,1H3,(H,11,12)(H,13,14). The fourth-order valence-electron chi connectivity index (χ4n) is 2.14. The van der Waals surface area contributed by atoms with Crippen molar-refractivity contribution in [2.75, 3.05) is 10.6 Å². The second kappa shape index (κ2) is 10.9. The van der Waals surface area contributed by atoms with Gasteiger partial charge in [-0.25, -0.2) is 9.59 Å². The number of nitro benzene ring substituents is 1. The third kappa shape index (κ3) is 7.57. The summed E-state index contributed by atoms with van der Waals surface area (Å²) in [5, 5.41) is 32.7. The van der Waals surface area contributed by atoms with E-state index in [1.54, 1.807) is 0 Å². The summed E-state index contributed by atoms with van der Waals surface area (Å²) in [6, 6.07) is 6.06. The normalized spacial score (nSPS) is 9.68. The molecule has 2 amide bonds. The van der Waals surface area contributed by atoms with Gasteiger partial charge in [0.15, 0.2) is 0 Å². The zero-order valence-electron chi connectivity index (χ0n) is 15.9. The van der Waals surface area contributed by atoms with Crippen LogP contribution in [0.4, 0.5) is 17.1 Å². The number of carboxylic acids is 2. The number of carbonyl (C=O) groups is 4. The van der Waals surface area contributed by atoms with Crippen LogP contribution in [0.1, 0.15) is 34.6 Å². The molecule has 2 aromatic rings. The van der Waals surface area contributed by atoms with Crippen LogP contribution in [0.15, 0.2) is 30.3 Å². The molecule has 11 nitrogen and oxygen atoms in total. The largest absolute Gasteiger partial charge is 0.478 e. The molecule has 31 heavy (non-hydrogen) atoms. The van der Waals surface area contributed by atoms with E-state index in [4.69, 9.17) is 33.4 Å². The maximum Gasteiger partial charge on any atom is 0.337 e. The zero-order valence-corrected chi connectivity index (χ0v) is 17.4. The number of rotatable bonds is 5. The second-order valence-corrected chi connectivity index (χ2v) is 6.59. The highest BCUT2D eigenvalue weighted by molar-refractivity contribution is 6.34. The number of halogens is 2. The van der Waals surface area contributed by atoms with Gasteiger partial charge in [-0.05, 0) is 24.3 Å². The molecule has 164 valence electrons. The van der Waals surface area contributed by atoms with Gasteiger partial charge in [-0.1, -0.05) is 23.2 Å². The smallest absolute Gasteiger partial charge is 0.337 e. The highest BCUT2D eigenvalue weighted by Gasteiger charge is 2.21. The van der Waals surface area contributed by atoms with Gasteiger partial charge in [-0.3, -0.25) is 19.7 Å². The molecule has 0 aliphatic heterocycles. The van der Waals surface area contributed by atoms with Gasteiger partial charge in [-0.15, -0.1) is 0 Å². The van der Waals surface area contributed by atoms with Crippen LogP contribution in [-0.4, -0.2) is 38.9 Å². The highest BCUT2D eigenvalue weighted by Crippen LogP contribution is 2.31. The van der Waals surface area contributed by atoms with Crippen LogP contribution in [0.25, 0.3) is 0 Å². The number of nitrogens with one attached hydrogen (secondary N) is 2. The number of anilines is 2. The molecule has 0 heterocycles. The Morgan fingerprint density at radius 2 is 1.39 bits per heavy atom. The van der Waals surface area contributed by atoms with Gasteiger partial charge < -0.3 is 20.8 Å². The molecule has 0 atom stereocenters. The predicted octanol–water partition coefficient (Wildman–Crippen LogP) is 3.90. The maximum absolute atomic E-state index is 10.8. The van der Waals surface area contributed by atoms with E-state index in [9.17, 15) is 29.3 Å². The molecule has 0 saturated carbocycles. The monoisotopic (exact) mass is 471 g/mol. The zero-order chi connectivity index (χ0) is 23.9. The van der Waals surface area contributed by atoms with Gasteiger partial charge in [-0.2, -0.15) is 0 Å². The first-order valence-electron chi connectivity index (χ1n) is 8.12. The molecule has 4 N–H and O–H groups in total. The summed E-state index contributed by atoms with van der Waals surface area (Å²) in [5.74, 6) is -3.23. The van der Waals surface area contributed by atoms with Crippen molar-refractivity contribution < 1.29 is 34.3 Å². The Morgan fingerprint density at radius 3 is 1.81 bits per heavy atom. The van der Waals surface area contributed by atoms with Crippen molar-refractivity contribution in [1.82, 2.24) is 0 Å². The van der Waals surface area contributed by atoms with E-state index in [0.29, 0.717) is 5.69 Å². The maximum atomic E-state index is 10.8. The lowest BCUT2D eigenvalue weighted by molar-refractivity contribution is -0.384. The van der Waals surface area contributed by atoms with Crippen LogP contribution < -0.4 is 10.6 Å². The van der Waals surface area contributed by atoms with Crippen molar-refractivity contribution in [3.05, 3.63) is 61.6 Å². The molecule has 0 unspecified atom stereocenters. The first-order valence-corrected chi connectivity index (χ1v) is 8.88. The SMILES string of the molecule is CC(=O)Nc1cc(Cl)c(C(=O)O)cc1[N+](=O)[O-].CC(=O)Nc1ccc(C(=O)O)c(Cl)c1. The highest BCUT2D eigenvalue weighted by atomic mass is 35.5. The van der Waals surface area contributed by atoms with E-state index in [-0.39, 0.29) is 27.2 Å². The number of hydrogen-bond acceptors (Lipinski definition) is 6. The van der Waals surface area contributed by atoms with Crippen LogP contribution in [0.2, 0.25) is 10.0 Å². The van der Waals surface area contributed by atoms with Crippen molar-refractivity contribution in [3.8, 4) is 0 Å². The van der Waals surface area contributed by atoms with E-state index in [2.05, 4.69) is 10.6 Å². The van der Waals surface area contributed by atoms with Gasteiger partial charge in [0.25, 0.3) is 5.69 Å². The molecule has 0 saturated heterocycles.